The van der Waals surface area contributed by atoms with Crippen LogP contribution in [0.4, 0.5) is 0 Å². The Morgan fingerprint density at radius 1 is 1.30 bits per heavy atom. The largest absolute Gasteiger partial charge is 0.361 e. The number of hydrogen-bond acceptors (Lipinski definition) is 2. The normalized spacial score (nSPS) is 12.7. The second-order valence-electron chi connectivity index (χ2n) is 4.86. The summed E-state index contributed by atoms with van der Waals surface area (Å²) in [7, 11) is 0. The average molecular weight is 286 g/mol. The highest BCUT2D eigenvalue weighted by atomic mass is 35.5. The van der Waals surface area contributed by atoms with E-state index < -0.39 is 0 Å². The molecule has 0 aliphatic carbocycles. The molecule has 102 valence electrons. The van der Waals surface area contributed by atoms with Gasteiger partial charge in [0.2, 0.25) is 0 Å². The molecule has 2 aromatic heterocycles. The summed E-state index contributed by atoms with van der Waals surface area (Å²) >= 11 is 5.99. The number of halogens is 1. The van der Waals surface area contributed by atoms with E-state index in [1.807, 2.05) is 42.7 Å². The summed E-state index contributed by atoms with van der Waals surface area (Å²) in [6.45, 7) is 2.91. The monoisotopic (exact) mass is 285 g/mol. The van der Waals surface area contributed by atoms with Gasteiger partial charge >= 0.3 is 0 Å². The summed E-state index contributed by atoms with van der Waals surface area (Å²) in [5.74, 6) is 0. The molecule has 0 saturated heterocycles. The van der Waals surface area contributed by atoms with Gasteiger partial charge in [-0.3, -0.25) is 4.98 Å². The molecule has 0 radical (unpaired) electrons. The minimum absolute atomic E-state index is 0.216. The lowest BCUT2D eigenvalue weighted by atomic mass is 10.1. The van der Waals surface area contributed by atoms with E-state index >= 15 is 0 Å². The van der Waals surface area contributed by atoms with Crippen LogP contribution < -0.4 is 5.32 Å². The van der Waals surface area contributed by atoms with Crippen LogP contribution in [0.1, 0.15) is 24.2 Å². The van der Waals surface area contributed by atoms with E-state index in [-0.39, 0.29) is 6.04 Å². The SMILES string of the molecule is C[C@H](NCc1c[nH]c2cc(Cl)ccc12)c1ccccn1. The Morgan fingerprint density at radius 2 is 2.20 bits per heavy atom. The zero-order valence-corrected chi connectivity index (χ0v) is 12.0. The summed E-state index contributed by atoms with van der Waals surface area (Å²) in [6, 6.07) is 12.1. The maximum Gasteiger partial charge on any atom is 0.0570 e. The van der Waals surface area contributed by atoms with Crippen LogP contribution in [0.5, 0.6) is 0 Å². The van der Waals surface area contributed by atoms with E-state index in [9.17, 15) is 0 Å². The lowest BCUT2D eigenvalue weighted by Gasteiger charge is -2.12. The first-order valence-electron chi connectivity index (χ1n) is 6.64. The average Bonchev–Trinajstić information content (AvgIpc) is 2.88. The van der Waals surface area contributed by atoms with Crippen LogP contribution in [-0.2, 0) is 6.54 Å². The number of aromatic nitrogens is 2. The summed E-state index contributed by atoms with van der Waals surface area (Å²) < 4.78 is 0. The minimum Gasteiger partial charge on any atom is -0.361 e. The van der Waals surface area contributed by atoms with Crippen molar-refractivity contribution in [3.05, 3.63) is 65.1 Å². The standard InChI is InChI=1S/C16H16ClN3/c1-11(15-4-2-3-7-18-15)19-9-12-10-20-16-8-13(17)5-6-14(12)16/h2-8,10-11,19-20H,9H2,1H3/t11-/m0/s1. The lowest BCUT2D eigenvalue weighted by Crippen LogP contribution is -2.18. The lowest BCUT2D eigenvalue weighted by molar-refractivity contribution is 0.563. The van der Waals surface area contributed by atoms with Gasteiger partial charge in [0.1, 0.15) is 0 Å². The third-order valence-corrected chi connectivity index (χ3v) is 3.69. The van der Waals surface area contributed by atoms with E-state index in [1.165, 1.54) is 10.9 Å². The Balaban J connectivity index is 1.74. The summed E-state index contributed by atoms with van der Waals surface area (Å²) in [6.07, 6.45) is 3.85. The van der Waals surface area contributed by atoms with Gasteiger partial charge in [-0.1, -0.05) is 23.7 Å². The number of H-pyrrole nitrogens is 1. The molecule has 1 aromatic carbocycles. The molecule has 0 aliphatic rings. The zero-order chi connectivity index (χ0) is 13.9. The van der Waals surface area contributed by atoms with Crippen molar-refractivity contribution in [3.8, 4) is 0 Å². The van der Waals surface area contributed by atoms with Gasteiger partial charge < -0.3 is 10.3 Å². The molecular weight excluding hydrogens is 270 g/mol. The molecule has 1 atom stereocenters. The van der Waals surface area contributed by atoms with Crippen molar-refractivity contribution in [1.29, 1.82) is 0 Å². The molecule has 3 rings (SSSR count). The molecule has 2 heterocycles. The van der Waals surface area contributed by atoms with Crippen LogP contribution in [0.3, 0.4) is 0 Å². The van der Waals surface area contributed by atoms with E-state index in [2.05, 4.69) is 28.3 Å². The first kappa shape index (κ1) is 13.2. The van der Waals surface area contributed by atoms with Crippen molar-refractivity contribution in [3.63, 3.8) is 0 Å². The van der Waals surface area contributed by atoms with Crippen molar-refractivity contribution in [2.75, 3.05) is 0 Å². The molecule has 0 amide bonds. The van der Waals surface area contributed by atoms with Crippen molar-refractivity contribution in [2.24, 2.45) is 0 Å². The van der Waals surface area contributed by atoms with Gasteiger partial charge in [-0.15, -0.1) is 0 Å². The summed E-state index contributed by atoms with van der Waals surface area (Å²) in [5.41, 5.74) is 3.36. The van der Waals surface area contributed by atoms with Crippen molar-refractivity contribution in [1.82, 2.24) is 15.3 Å². The Bertz CT molecular complexity index is 706. The summed E-state index contributed by atoms with van der Waals surface area (Å²) in [4.78, 5) is 7.62. The highest BCUT2D eigenvalue weighted by molar-refractivity contribution is 6.31. The Hall–Kier alpha value is -1.84. The van der Waals surface area contributed by atoms with Crippen LogP contribution in [0, 0.1) is 0 Å². The van der Waals surface area contributed by atoms with Crippen molar-refractivity contribution >= 4 is 22.5 Å². The maximum atomic E-state index is 5.99. The number of nitrogens with zero attached hydrogens (tertiary/aromatic N) is 1. The van der Waals surface area contributed by atoms with E-state index in [0.29, 0.717) is 0 Å². The quantitative estimate of drug-likeness (QED) is 0.759. The molecule has 0 unspecified atom stereocenters. The second-order valence-corrected chi connectivity index (χ2v) is 5.30. The van der Waals surface area contributed by atoms with E-state index in [4.69, 9.17) is 11.6 Å². The molecule has 3 nitrogen and oxygen atoms in total. The third kappa shape index (κ3) is 2.69. The number of pyridine rings is 1. The zero-order valence-electron chi connectivity index (χ0n) is 11.2. The molecule has 0 aliphatic heterocycles. The number of benzene rings is 1. The molecular formula is C16H16ClN3. The highest BCUT2D eigenvalue weighted by Crippen LogP contribution is 2.22. The fourth-order valence-corrected chi connectivity index (χ4v) is 2.48. The number of rotatable bonds is 4. The second kappa shape index (κ2) is 5.65. The highest BCUT2D eigenvalue weighted by Gasteiger charge is 2.08. The Labute approximate surface area is 123 Å². The van der Waals surface area contributed by atoms with Crippen LogP contribution >= 0.6 is 11.6 Å². The minimum atomic E-state index is 0.216. The molecule has 0 bridgehead atoms. The summed E-state index contributed by atoms with van der Waals surface area (Å²) in [5, 5.41) is 5.45. The molecule has 0 fully saturated rings. The number of fused-ring (bicyclic) bond motifs is 1. The predicted octanol–water partition coefficient (Wildman–Crippen LogP) is 4.07. The molecule has 4 heteroatoms. The Kier molecular flexibility index (Phi) is 3.72. The van der Waals surface area contributed by atoms with Gasteiger partial charge in [-0.25, -0.2) is 0 Å². The van der Waals surface area contributed by atoms with E-state index in [0.717, 1.165) is 22.8 Å². The Morgan fingerprint density at radius 3 is 3.00 bits per heavy atom. The van der Waals surface area contributed by atoms with Gasteiger partial charge in [-0.2, -0.15) is 0 Å². The third-order valence-electron chi connectivity index (χ3n) is 3.46. The van der Waals surface area contributed by atoms with Gasteiger partial charge in [0.25, 0.3) is 0 Å². The topological polar surface area (TPSA) is 40.7 Å². The first-order valence-corrected chi connectivity index (χ1v) is 7.01. The molecule has 0 saturated carbocycles. The van der Waals surface area contributed by atoms with Gasteiger partial charge in [0.15, 0.2) is 0 Å². The first-order chi connectivity index (χ1) is 9.74. The maximum absolute atomic E-state index is 5.99. The fraction of sp³-hybridized carbons (Fsp3) is 0.188. The van der Waals surface area contributed by atoms with Crippen molar-refractivity contribution in [2.45, 2.75) is 19.5 Å². The van der Waals surface area contributed by atoms with Crippen LogP contribution in [0.15, 0.2) is 48.8 Å². The molecule has 2 N–H and O–H groups in total. The van der Waals surface area contributed by atoms with Crippen LogP contribution in [0.2, 0.25) is 5.02 Å². The molecule has 3 aromatic rings. The van der Waals surface area contributed by atoms with Crippen LogP contribution in [0.25, 0.3) is 10.9 Å². The predicted molar refractivity (Wildman–Crippen MR) is 82.8 cm³/mol. The smallest absolute Gasteiger partial charge is 0.0570 e. The number of nitrogens with one attached hydrogen (secondary N) is 2. The van der Waals surface area contributed by atoms with E-state index in [1.54, 1.807) is 0 Å². The van der Waals surface area contributed by atoms with Gasteiger partial charge in [-0.05, 0) is 36.8 Å². The van der Waals surface area contributed by atoms with Gasteiger partial charge in [0, 0.05) is 40.9 Å². The molecule has 20 heavy (non-hydrogen) atoms. The van der Waals surface area contributed by atoms with Crippen LogP contribution in [-0.4, -0.2) is 9.97 Å². The van der Waals surface area contributed by atoms with Crippen molar-refractivity contribution < 1.29 is 0 Å². The van der Waals surface area contributed by atoms with Gasteiger partial charge in [0.05, 0.1) is 5.69 Å². The number of hydrogen-bond donors (Lipinski definition) is 2. The number of aromatic amines is 1. The fourth-order valence-electron chi connectivity index (χ4n) is 2.30. The molecule has 0 spiro atoms.